The van der Waals surface area contributed by atoms with Crippen molar-refractivity contribution in [3.63, 3.8) is 0 Å². The van der Waals surface area contributed by atoms with Gasteiger partial charge >= 0.3 is 0 Å². The summed E-state index contributed by atoms with van der Waals surface area (Å²) in [5.41, 5.74) is 1.59. The lowest BCUT2D eigenvalue weighted by molar-refractivity contribution is 0.187. The molecule has 3 nitrogen and oxygen atoms in total. The van der Waals surface area contributed by atoms with Crippen molar-refractivity contribution in [2.24, 2.45) is 0 Å². The van der Waals surface area contributed by atoms with Gasteiger partial charge in [-0.3, -0.25) is 0 Å². The number of rotatable bonds is 5. The summed E-state index contributed by atoms with van der Waals surface area (Å²) in [6, 6.07) is 4.62. The van der Waals surface area contributed by atoms with E-state index in [1.807, 2.05) is 4.57 Å². The molecule has 0 fully saturated rings. The molecule has 0 spiro atoms. The highest BCUT2D eigenvalue weighted by Crippen LogP contribution is 2.18. The van der Waals surface area contributed by atoms with Gasteiger partial charge < -0.3 is 9.30 Å². The number of benzene rings is 1. The normalized spacial score (nSPS) is 11.2. The molecule has 92 valence electrons. The summed E-state index contributed by atoms with van der Waals surface area (Å²) in [6.07, 6.45) is 0.668. The molecule has 0 atom stereocenters. The second-order valence-electron chi connectivity index (χ2n) is 3.74. The zero-order valence-corrected chi connectivity index (χ0v) is 10.4. The number of aryl methyl sites for hydroxylation is 1. The van der Waals surface area contributed by atoms with Crippen molar-refractivity contribution in [3.8, 4) is 0 Å². The van der Waals surface area contributed by atoms with Gasteiger partial charge in [0, 0.05) is 32.0 Å². The molecule has 2 aromatic rings. The molecule has 0 aliphatic rings. The molecule has 0 bridgehead atoms. The number of hydrogen-bond acceptors (Lipinski definition) is 2. The van der Waals surface area contributed by atoms with Crippen molar-refractivity contribution in [2.75, 3.05) is 19.6 Å². The van der Waals surface area contributed by atoms with Gasteiger partial charge in [-0.1, -0.05) is 0 Å². The van der Waals surface area contributed by atoms with Crippen LogP contribution in [0.1, 0.15) is 5.82 Å². The molecule has 2 rings (SSSR count). The lowest BCUT2D eigenvalue weighted by Gasteiger charge is -2.07. The molecule has 0 amide bonds. The summed E-state index contributed by atoms with van der Waals surface area (Å²) in [4.78, 5) is 4.40. The van der Waals surface area contributed by atoms with E-state index in [1.54, 1.807) is 13.2 Å². The van der Waals surface area contributed by atoms with Crippen molar-refractivity contribution in [1.82, 2.24) is 9.55 Å². The van der Waals surface area contributed by atoms with Gasteiger partial charge in [0.15, 0.2) is 0 Å². The van der Waals surface area contributed by atoms with Crippen LogP contribution in [0.5, 0.6) is 0 Å². The Hall–Kier alpha value is -1.13. The molecule has 1 aromatic heterocycles. The average Bonchev–Trinajstić information content (AvgIpc) is 2.63. The maximum absolute atomic E-state index is 13.1. The first-order valence-corrected chi connectivity index (χ1v) is 5.99. The lowest BCUT2D eigenvalue weighted by Crippen LogP contribution is -2.08. The van der Waals surface area contributed by atoms with E-state index in [0.29, 0.717) is 31.0 Å². The van der Waals surface area contributed by atoms with Crippen molar-refractivity contribution in [3.05, 3.63) is 29.8 Å². The molecule has 1 heterocycles. The molecule has 0 aliphatic carbocycles. The van der Waals surface area contributed by atoms with Crippen molar-refractivity contribution >= 4 is 22.6 Å². The van der Waals surface area contributed by atoms with Gasteiger partial charge in [0.05, 0.1) is 17.6 Å². The Labute approximate surface area is 104 Å². The Morgan fingerprint density at radius 3 is 3.00 bits per heavy atom. The van der Waals surface area contributed by atoms with Gasteiger partial charge in [-0.25, -0.2) is 9.37 Å². The monoisotopic (exact) mass is 256 g/mol. The maximum atomic E-state index is 13.1. The van der Waals surface area contributed by atoms with Crippen LogP contribution < -0.4 is 0 Å². The molecule has 0 radical (unpaired) electrons. The van der Waals surface area contributed by atoms with Crippen molar-refractivity contribution in [2.45, 2.75) is 13.0 Å². The molecule has 17 heavy (non-hydrogen) atoms. The number of methoxy groups -OCH3 is 1. The van der Waals surface area contributed by atoms with Crippen molar-refractivity contribution < 1.29 is 9.13 Å². The molecule has 0 N–H and O–H groups in total. The van der Waals surface area contributed by atoms with Crippen LogP contribution in [-0.2, 0) is 17.7 Å². The number of halogens is 2. The fraction of sp³-hybridized carbons (Fsp3) is 0.417. The van der Waals surface area contributed by atoms with Crippen LogP contribution in [0.3, 0.4) is 0 Å². The molecule has 5 heteroatoms. The molecule has 0 unspecified atom stereocenters. The van der Waals surface area contributed by atoms with Gasteiger partial charge in [0.2, 0.25) is 0 Å². The van der Waals surface area contributed by atoms with Crippen LogP contribution >= 0.6 is 11.6 Å². The zero-order chi connectivity index (χ0) is 12.3. The van der Waals surface area contributed by atoms with E-state index in [4.69, 9.17) is 16.3 Å². The predicted octanol–water partition coefficient (Wildman–Crippen LogP) is 2.60. The number of ether oxygens (including phenoxy) is 1. The average molecular weight is 257 g/mol. The van der Waals surface area contributed by atoms with E-state index >= 15 is 0 Å². The maximum Gasteiger partial charge on any atom is 0.125 e. The van der Waals surface area contributed by atoms with E-state index < -0.39 is 0 Å². The number of alkyl halides is 1. The first-order valence-electron chi connectivity index (χ1n) is 5.46. The second-order valence-corrected chi connectivity index (χ2v) is 4.12. The van der Waals surface area contributed by atoms with Crippen LogP contribution in [0.4, 0.5) is 4.39 Å². The first kappa shape index (κ1) is 12.3. The third-order valence-electron chi connectivity index (χ3n) is 2.63. The highest BCUT2D eigenvalue weighted by atomic mass is 35.5. The summed E-state index contributed by atoms with van der Waals surface area (Å²) >= 11 is 5.74. The van der Waals surface area contributed by atoms with E-state index in [9.17, 15) is 4.39 Å². The molecular weight excluding hydrogens is 243 g/mol. The summed E-state index contributed by atoms with van der Waals surface area (Å²) in [6.45, 7) is 1.29. The summed E-state index contributed by atoms with van der Waals surface area (Å²) in [7, 11) is 1.65. The third-order valence-corrected chi connectivity index (χ3v) is 2.82. The molecule has 0 aliphatic heterocycles. The number of aromatic nitrogens is 2. The van der Waals surface area contributed by atoms with Crippen LogP contribution in [0, 0.1) is 5.82 Å². The SMILES string of the molecule is COCCn1c(CCCl)nc2cc(F)ccc21. The Morgan fingerprint density at radius 2 is 2.29 bits per heavy atom. The Kier molecular flexibility index (Phi) is 3.97. The van der Waals surface area contributed by atoms with E-state index in [0.717, 1.165) is 11.3 Å². The molecule has 0 saturated heterocycles. The van der Waals surface area contributed by atoms with Crippen LogP contribution in [-0.4, -0.2) is 29.1 Å². The molecular formula is C12H14ClFN2O. The second kappa shape index (κ2) is 5.47. The minimum atomic E-state index is -0.272. The van der Waals surface area contributed by atoms with Gasteiger partial charge in [-0.2, -0.15) is 0 Å². The van der Waals surface area contributed by atoms with Gasteiger partial charge in [-0.15, -0.1) is 11.6 Å². The number of nitrogens with zero attached hydrogens (tertiary/aromatic N) is 2. The predicted molar refractivity (Wildman–Crippen MR) is 66.0 cm³/mol. The number of imidazole rings is 1. The first-order chi connectivity index (χ1) is 8.26. The van der Waals surface area contributed by atoms with Crippen molar-refractivity contribution in [1.29, 1.82) is 0 Å². The zero-order valence-electron chi connectivity index (χ0n) is 9.62. The number of fused-ring (bicyclic) bond motifs is 1. The fourth-order valence-electron chi connectivity index (χ4n) is 1.86. The quantitative estimate of drug-likeness (QED) is 0.769. The van der Waals surface area contributed by atoms with E-state index in [2.05, 4.69) is 4.98 Å². The molecule has 0 saturated carbocycles. The van der Waals surface area contributed by atoms with Crippen LogP contribution in [0.15, 0.2) is 18.2 Å². The summed E-state index contributed by atoms with van der Waals surface area (Å²) in [5.74, 6) is 1.10. The van der Waals surface area contributed by atoms with Gasteiger partial charge in [0.1, 0.15) is 11.6 Å². The Balaban J connectivity index is 2.46. The summed E-state index contributed by atoms with van der Waals surface area (Å²) < 4.78 is 20.2. The standard InChI is InChI=1S/C12H14ClFN2O/c1-17-7-6-16-11-3-2-9(14)8-10(11)15-12(16)4-5-13/h2-3,8H,4-7H2,1H3. The summed E-state index contributed by atoms with van der Waals surface area (Å²) in [5, 5.41) is 0. The van der Waals surface area contributed by atoms with E-state index in [-0.39, 0.29) is 5.82 Å². The van der Waals surface area contributed by atoms with Crippen LogP contribution in [0.2, 0.25) is 0 Å². The number of hydrogen-bond donors (Lipinski definition) is 0. The Bertz CT molecular complexity index is 512. The van der Waals surface area contributed by atoms with Gasteiger partial charge in [0.25, 0.3) is 0 Å². The fourth-order valence-corrected chi connectivity index (χ4v) is 2.03. The molecule has 1 aromatic carbocycles. The highest BCUT2D eigenvalue weighted by molar-refractivity contribution is 6.17. The third kappa shape index (κ3) is 2.58. The van der Waals surface area contributed by atoms with E-state index in [1.165, 1.54) is 12.1 Å². The largest absolute Gasteiger partial charge is 0.383 e. The highest BCUT2D eigenvalue weighted by Gasteiger charge is 2.10. The minimum absolute atomic E-state index is 0.272. The lowest BCUT2D eigenvalue weighted by atomic mass is 10.3. The minimum Gasteiger partial charge on any atom is -0.383 e. The van der Waals surface area contributed by atoms with Gasteiger partial charge in [-0.05, 0) is 12.1 Å². The topological polar surface area (TPSA) is 27.1 Å². The Morgan fingerprint density at radius 1 is 1.47 bits per heavy atom. The van der Waals surface area contributed by atoms with Crippen LogP contribution in [0.25, 0.3) is 11.0 Å². The smallest absolute Gasteiger partial charge is 0.125 e.